The first-order chi connectivity index (χ1) is 10.9. The summed E-state index contributed by atoms with van der Waals surface area (Å²) in [6.45, 7) is 5.81. The Kier molecular flexibility index (Phi) is 6.85. The predicted molar refractivity (Wildman–Crippen MR) is 81.4 cm³/mol. The van der Waals surface area contributed by atoms with Crippen molar-refractivity contribution < 1.29 is 28.6 Å². The SMILES string of the molecule is CCOc1ccc(C(=O)O[C@@H](C)C(=O)NC(N)=O)cc1OCC. The Morgan fingerprint density at radius 3 is 2.30 bits per heavy atom. The summed E-state index contributed by atoms with van der Waals surface area (Å²) in [6.07, 6.45) is -1.17. The minimum Gasteiger partial charge on any atom is -0.490 e. The van der Waals surface area contributed by atoms with Crippen LogP contribution in [0.5, 0.6) is 11.5 Å². The third-order valence-electron chi connectivity index (χ3n) is 2.68. The van der Waals surface area contributed by atoms with Crippen LogP contribution in [0.15, 0.2) is 18.2 Å². The normalized spacial score (nSPS) is 11.3. The molecule has 0 unspecified atom stereocenters. The average molecular weight is 324 g/mol. The van der Waals surface area contributed by atoms with E-state index in [0.717, 1.165) is 0 Å². The second-order valence-electron chi connectivity index (χ2n) is 4.43. The van der Waals surface area contributed by atoms with Crippen molar-refractivity contribution >= 4 is 17.9 Å². The van der Waals surface area contributed by atoms with E-state index in [1.54, 1.807) is 13.0 Å². The largest absolute Gasteiger partial charge is 0.490 e. The first-order valence-electron chi connectivity index (χ1n) is 7.09. The Morgan fingerprint density at radius 2 is 1.74 bits per heavy atom. The molecular weight excluding hydrogens is 304 g/mol. The summed E-state index contributed by atoms with van der Waals surface area (Å²) < 4.78 is 15.8. The zero-order valence-corrected chi connectivity index (χ0v) is 13.3. The number of rotatable bonds is 7. The molecule has 1 rings (SSSR count). The van der Waals surface area contributed by atoms with E-state index in [2.05, 4.69) is 0 Å². The summed E-state index contributed by atoms with van der Waals surface area (Å²) in [4.78, 5) is 34.2. The fourth-order valence-corrected chi connectivity index (χ4v) is 1.68. The molecule has 0 spiro atoms. The standard InChI is InChI=1S/C15H20N2O6/c1-4-21-11-7-6-10(8-12(11)22-5-2)14(19)23-9(3)13(18)17-15(16)20/h6-9H,4-5H2,1-3H3,(H3,16,17,18,20)/t9-/m0/s1. The van der Waals surface area contributed by atoms with Crippen molar-refractivity contribution in [1.29, 1.82) is 0 Å². The van der Waals surface area contributed by atoms with Gasteiger partial charge in [-0.1, -0.05) is 0 Å². The molecule has 0 fully saturated rings. The minimum absolute atomic E-state index is 0.190. The van der Waals surface area contributed by atoms with Gasteiger partial charge in [-0.25, -0.2) is 9.59 Å². The second kappa shape index (κ2) is 8.62. The average Bonchev–Trinajstić information content (AvgIpc) is 2.48. The molecule has 3 N–H and O–H groups in total. The Hall–Kier alpha value is -2.77. The highest BCUT2D eigenvalue weighted by Gasteiger charge is 2.21. The van der Waals surface area contributed by atoms with Gasteiger partial charge in [0, 0.05) is 0 Å². The topological polar surface area (TPSA) is 117 Å². The maximum atomic E-state index is 12.1. The molecule has 1 aromatic rings. The molecule has 23 heavy (non-hydrogen) atoms. The van der Waals surface area contributed by atoms with E-state index in [-0.39, 0.29) is 5.56 Å². The maximum absolute atomic E-state index is 12.1. The summed E-state index contributed by atoms with van der Waals surface area (Å²) in [5.41, 5.74) is 5.02. The van der Waals surface area contributed by atoms with Gasteiger partial charge in [0.25, 0.3) is 5.91 Å². The number of benzene rings is 1. The lowest BCUT2D eigenvalue weighted by Crippen LogP contribution is -2.42. The van der Waals surface area contributed by atoms with Gasteiger partial charge in [-0.3, -0.25) is 10.1 Å². The number of carbonyl (C=O) groups excluding carboxylic acids is 3. The monoisotopic (exact) mass is 324 g/mol. The molecule has 1 aromatic carbocycles. The van der Waals surface area contributed by atoms with Crippen molar-refractivity contribution in [3.8, 4) is 11.5 Å². The molecule has 8 nitrogen and oxygen atoms in total. The van der Waals surface area contributed by atoms with Gasteiger partial charge in [-0.05, 0) is 39.0 Å². The van der Waals surface area contributed by atoms with Crippen molar-refractivity contribution in [2.45, 2.75) is 26.9 Å². The summed E-state index contributed by atoms with van der Waals surface area (Å²) in [5.74, 6) is -0.633. The van der Waals surface area contributed by atoms with Crippen LogP contribution < -0.4 is 20.5 Å². The van der Waals surface area contributed by atoms with Crippen LogP contribution in [0.25, 0.3) is 0 Å². The van der Waals surface area contributed by atoms with E-state index in [4.69, 9.17) is 19.9 Å². The molecular formula is C15H20N2O6. The third-order valence-corrected chi connectivity index (χ3v) is 2.68. The van der Waals surface area contributed by atoms with E-state index in [9.17, 15) is 14.4 Å². The van der Waals surface area contributed by atoms with Crippen molar-refractivity contribution in [3.63, 3.8) is 0 Å². The molecule has 0 aliphatic carbocycles. The molecule has 0 aliphatic rings. The number of hydrogen-bond acceptors (Lipinski definition) is 6. The van der Waals surface area contributed by atoms with Crippen LogP contribution in [-0.4, -0.2) is 37.2 Å². The van der Waals surface area contributed by atoms with Gasteiger partial charge in [-0.2, -0.15) is 0 Å². The Morgan fingerprint density at radius 1 is 1.13 bits per heavy atom. The second-order valence-corrected chi connectivity index (χ2v) is 4.43. The zero-order valence-electron chi connectivity index (χ0n) is 13.3. The number of nitrogens with one attached hydrogen (secondary N) is 1. The van der Waals surface area contributed by atoms with Crippen LogP contribution in [0.2, 0.25) is 0 Å². The zero-order chi connectivity index (χ0) is 17.4. The smallest absolute Gasteiger partial charge is 0.339 e. The molecule has 0 saturated carbocycles. The lowest BCUT2D eigenvalue weighted by atomic mass is 10.2. The van der Waals surface area contributed by atoms with Gasteiger partial charge < -0.3 is 19.9 Å². The Labute approximate surface area is 133 Å². The van der Waals surface area contributed by atoms with E-state index in [1.807, 2.05) is 12.2 Å². The highest BCUT2D eigenvalue weighted by Crippen LogP contribution is 2.28. The summed E-state index contributed by atoms with van der Waals surface area (Å²) in [5, 5.41) is 1.83. The number of nitrogens with two attached hydrogens (primary N) is 1. The first kappa shape index (κ1) is 18.3. The molecule has 0 radical (unpaired) electrons. The van der Waals surface area contributed by atoms with Crippen LogP contribution in [0.3, 0.4) is 0 Å². The molecule has 3 amide bonds. The van der Waals surface area contributed by atoms with Crippen molar-refractivity contribution in [3.05, 3.63) is 23.8 Å². The van der Waals surface area contributed by atoms with Gasteiger partial charge >= 0.3 is 12.0 Å². The number of ether oxygens (including phenoxy) is 3. The summed E-state index contributed by atoms with van der Waals surface area (Å²) in [6, 6.07) is 3.53. The predicted octanol–water partition coefficient (Wildman–Crippen LogP) is 1.22. The summed E-state index contributed by atoms with van der Waals surface area (Å²) in [7, 11) is 0. The molecule has 1 atom stereocenters. The number of amides is 3. The fraction of sp³-hybridized carbons (Fsp3) is 0.400. The molecule has 0 bridgehead atoms. The van der Waals surface area contributed by atoms with Crippen LogP contribution in [-0.2, 0) is 9.53 Å². The van der Waals surface area contributed by atoms with Crippen molar-refractivity contribution in [1.82, 2.24) is 5.32 Å². The molecule has 126 valence electrons. The van der Waals surface area contributed by atoms with Gasteiger partial charge in [-0.15, -0.1) is 0 Å². The van der Waals surface area contributed by atoms with Crippen molar-refractivity contribution in [2.75, 3.05) is 13.2 Å². The molecule has 0 heterocycles. The third kappa shape index (κ3) is 5.50. The van der Waals surface area contributed by atoms with E-state index < -0.39 is 24.0 Å². The van der Waals surface area contributed by atoms with Crippen LogP contribution in [0.4, 0.5) is 4.79 Å². The first-order valence-corrected chi connectivity index (χ1v) is 7.09. The highest BCUT2D eigenvalue weighted by molar-refractivity contribution is 5.98. The maximum Gasteiger partial charge on any atom is 0.339 e. The lowest BCUT2D eigenvalue weighted by molar-refractivity contribution is -0.127. The van der Waals surface area contributed by atoms with Crippen LogP contribution in [0.1, 0.15) is 31.1 Å². The van der Waals surface area contributed by atoms with E-state index >= 15 is 0 Å². The Bertz CT molecular complexity index is 587. The molecule has 0 aromatic heterocycles. The number of urea groups is 1. The van der Waals surface area contributed by atoms with Gasteiger partial charge in [0.2, 0.25) is 0 Å². The molecule has 8 heteroatoms. The number of primary amides is 1. The highest BCUT2D eigenvalue weighted by atomic mass is 16.5. The molecule has 0 saturated heterocycles. The van der Waals surface area contributed by atoms with Crippen LogP contribution >= 0.6 is 0 Å². The number of carbonyl (C=O) groups is 3. The number of hydrogen-bond donors (Lipinski definition) is 2. The van der Waals surface area contributed by atoms with Crippen molar-refractivity contribution in [2.24, 2.45) is 5.73 Å². The van der Waals surface area contributed by atoms with Gasteiger partial charge in [0.1, 0.15) is 0 Å². The quantitative estimate of drug-likeness (QED) is 0.728. The number of esters is 1. The van der Waals surface area contributed by atoms with Gasteiger partial charge in [0.05, 0.1) is 18.8 Å². The number of imide groups is 1. The van der Waals surface area contributed by atoms with E-state index in [1.165, 1.54) is 19.1 Å². The minimum atomic E-state index is -1.17. The van der Waals surface area contributed by atoms with Crippen LogP contribution in [0, 0.1) is 0 Å². The Balaban J connectivity index is 2.85. The lowest BCUT2D eigenvalue weighted by Gasteiger charge is -2.14. The molecule has 0 aliphatic heterocycles. The van der Waals surface area contributed by atoms with Gasteiger partial charge in [0.15, 0.2) is 17.6 Å². The van der Waals surface area contributed by atoms with E-state index in [0.29, 0.717) is 24.7 Å². The summed E-state index contributed by atoms with van der Waals surface area (Å²) >= 11 is 0. The fourth-order valence-electron chi connectivity index (χ4n) is 1.68.